The molecule has 0 bridgehead atoms. The molecule has 0 saturated carbocycles. The number of para-hydroxylation sites is 2. The number of hydrogen-bond acceptors (Lipinski definition) is 4. The number of ether oxygens (including phenoxy) is 2. The lowest BCUT2D eigenvalue weighted by Gasteiger charge is -2.36. The predicted octanol–water partition coefficient (Wildman–Crippen LogP) is 2.57. The molecule has 0 atom stereocenters. The molecule has 2 aliphatic heterocycles. The molecule has 27 heavy (non-hydrogen) atoms. The van der Waals surface area contributed by atoms with Gasteiger partial charge in [-0.05, 0) is 43.7 Å². The van der Waals surface area contributed by atoms with Gasteiger partial charge in [-0.1, -0.05) is 19.1 Å². The Kier molecular flexibility index (Phi) is 6.58. The van der Waals surface area contributed by atoms with Crippen molar-refractivity contribution >= 4 is 11.8 Å². The first-order chi connectivity index (χ1) is 13.1. The Hall–Kier alpha value is -2.24. The predicted molar refractivity (Wildman–Crippen MR) is 103 cm³/mol. The first kappa shape index (κ1) is 19.5. The number of nitrogens with zero attached hydrogens (tertiary/aromatic N) is 2. The number of hydrogen-bond donors (Lipinski definition) is 0. The van der Waals surface area contributed by atoms with Crippen LogP contribution in [0.25, 0.3) is 0 Å². The Bertz CT molecular complexity index is 647. The number of carbonyl (C=O) groups is 2. The van der Waals surface area contributed by atoms with Gasteiger partial charge in [0.2, 0.25) is 5.91 Å². The van der Waals surface area contributed by atoms with Crippen molar-refractivity contribution in [1.29, 1.82) is 0 Å². The summed E-state index contributed by atoms with van der Waals surface area (Å²) in [4.78, 5) is 29.0. The van der Waals surface area contributed by atoms with Gasteiger partial charge in [-0.3, -0.25) is 9.59 Å². The van der Waals surface area contributed by atoms with Gasteiger partial charge in [0.1, 0.15) is 0 Å². The molecule has 0 unspecified atom stereocenters. The van der Waals surface area contributed by atoms with Crippen molar-refractivity contribution in [3.63, 3.8) is 0 Å². The summed E-state index contributed by atoms with van der Waals surface area (Å²) >= 11 is 0. The highest BCUT2D eigenvalue weighted by Crippen LogP contribution is 2.26. The molecular weight excluding hydrogens is 344 g/mol. The summed E-state index contributed by atoms with van der Waals surface area (Å²) in [7, 11) is 1.58. The molecule has 0 N–H and O–H groups in total. The number of methoxy groups -OCH3 is 1. The normalized spacial score (nSPS) is 19.0. The van der Waals surface area contributed by atoms with Gasteiger partial charge in [0.15, 0.2) is 18.1 Å². The molecule has 2 aliphatic rings. The van der Waals surface area contributed by atoms with Crippen molar-refractivity contribution in [2.75, 3.05) is 39.9 Å². The molecule has 6 heteroatoms. The van der Waals surface area contributed by atoms with Crippen molar-refractivity contribution in [2.24, 2.45) is 11.8 Å². The van der Waals surface area contributed by atoms with Gasteiger partial charge in [-0.25, -0.2) is 0 Å². The van der Waals surface area contributed by atoms with Crippen molar-refractivity contribution in [3.8, 4) is 11.5 Å². The number of likely N-dealkylation sites (tertiary alicyclic amines) is 2. The fraction of sp³-hybridized carbons (Fsp3) is 0.619. The van der Waals surface area contributed by atoms with Gasteiger partial charge < -0.3 is 19.3 Å². The molecule has 2 saturated heterocycles. The second-order valence-electron chi connectivity index (χ2n) is 7.60. The molecule has 2 amide bonds. The van der Waals surface area contributed by atoms with E-state index in [-0.39, 0.29) is 24.3 Å². The van der Waals surface area contributed by atoms with Crippen LogP contribution in [0.3, 0.4) is 0 Å². The Morgan fingerprint density at radius 2 is 1.56 bits per heavy atom. The third kappa shape index (κ3) is 4.93. The van der Waals surface area contributed by atoms with Gasteiger partial charge in [-0.2, -0.15) is 0 Å². The van der Waals surface area contributed by atoms with E-state index in [2.05, 4.69) is 6.92 Å². The molecule has 148 valence electrons. The monoisotopic (exact) mass is 374 g/mol. The van der Waals surface area contributed by atoms with Gasteiger partial charge in [0.05, 0.1) is 7.11 Å². The minimum atomic E-state index is -0.0430. The van der Waals surface area contributed by atoms with E-state index in [4.69, 9.17) is 9.47 Å². The topological polar surface area (TPSA) is 59.1 Å². The summed E-state index contributed by atoms with van der Waals surface area (Å²) in [6.45, 7) is 5.24. The SMILES string of the molecule is COc1ccccc1OCC(=O)N1CCC(C(=O)N2CCC(C)CC2)CC1. The molecule has 0 aromatic heterocycles. The maximum absolute atomic E-state index is 12.7. The largest absolute Gasteiger partial charge is 0.493 e. The zero-order chi connectivity index (χ0) is 19.2. The Labute approximate surface area is 161 Å². The summed E-state index contributed by atoms with van der Waals surface area (Å²) in [5.41, 5.74) is 0. The van der Waals surface area contributed by atoms with E-state index in [0.717, 1.165) is 44.7 Å². The smallest absolute Gasteiger partial charge is 0.260 e. The molecular formula is C21H30N2O4. The fourth-order valence-electron chi connectivity index (χ4n) is 3.83. The van der Waals surface area contributed by atoms with E-state index >= 15 is 0 Å². The van der Waals surface area contributed by atoms with Crippen molar-refractivity contribution in [1.82, 2.24) is 9.80 Å². The standard InChI is InChI=1S/C21H30N2O4/c1-16-7-11-23(12-8-16)21(25)17-9-13-22(14-10-17)20(24)15-27-19-6-4-3-5-18(19)26-2/h3-6,16-17H,7-15H2,1-2H3. The van der Waals surface area contributed by atoms with Gasteiger partial charge in [0.25, 0.3) is 5.91 Å². The van der Waals surface area contributed by atoms with Crippen LogP contribution in [0, 0.1) is 11.8 Å². The van der Waals surface area contributed by atoms with Crippen LogP contribution in [0.5, 0.6) is 11.5 Å². The van der Waals surface area contributed by atoms with E-state index in [1.165, 1.54) is 0 Å². The van der Waals surface area contributed by atoms with E-state index in [0.29, 0.717) is 24.6 Å². The van der Waals surface area contributed by atoms with E-state index in [1.54, 1.807) is 24.1 Å². The van der Waals surface area contributed by atoms with Crippen molar-refractivity contribution in [3.05, 3.63) is 24.3 Å². The molecule has 6 nitrogen and oxygen atoms in total. The van der Waals surface area contributed by atoms with Crippen molar-refractivity contribution < 1.29 is 19.1 Å². The number of piperidine rings is 2. The Morgan fingerprint density at radius 1 is 0.963 bits per heavy atom. The second-order valence-corrected chi connectivity index (χ2v) is 7.60. The van der Waals surface area contributed by atoms with Crippen LogP contribution in [-0.4, -0.2) is 61.5 Å². The average Bonchev–Trinajstić information content (AvgIpc) is 2.72. The molecule has 2 heterocycles. The second kappa shape index (κ2) is 9.11. The summed E-state index contributed by atoms with van der Waals surface area (Å²) in [5.74, 6) is 2.19. The lowest BCUT2D eigenvalue weighted by molar-refractivity contribution is -0.142. The summed E-state index contributed by atoms with van der Waals surface area (Å²) in [6.07, 6.45) is 3.68. The number of amides is 2. The zero-order valence-electron chi connectivity index (χ0n) is 16.4. The number of carbonyl (C=O) groups excluding carboxylic acids is 2. The first-order valence-corrected chi connectivity index (χ1v) is 9.91. The summed E-state index contributed by atoms with van der Waals surface area (Å²) in [6, 6.07) is 7.30. The molecule has 1 aromatic carbocycles. The van der Waals surface area contributed by atoms with Crippen LogP contribution in [0.15, 0.2) is 24.3 Å². The highest BCUT2D eigenvalue weighted by atomic mass is 16.5. The molecule has 0 aliphatic carbocycles. The lowest BCUT2D eigenvalue weighted by atomic mass is 9.92. The molecule has 0 spiro atoms. The fourth-order valence-corrected chi connectivity index (χ4v) is 3.83. The van der Waals surface area contributed by atoms with Crippen LogP contribution in [0.1, 0.15) is 32.6 Å². The van der Waals surface area contributed by atoms with Crippen molar-refractivity contribution in [2.45, 2.75) is 32.6 Å². The Balaban J connectivity index is 1.44. The third-order valence-corrected chi connectivity index (χ3v) is 5.71. The van der Waals surface area contributed by atoms with E-state index < -0.39 is 0 Å². The maximum atomic E-state index is 12.7. The van der Waals surface area contributed by atoms with E-state index in [9.17, 15) is 9.59 Å². The highest BCUT2D eigenvalue weighted by molar-refractivity contribution is 5.80. The number of rotatable bonds is 5. The molecule has 1 aromatic rings. The van der Waals surface area contributed by atoms with Gasteiger partial charge in [-0.15, -0.1) is 0 Å². The summed E-state index contributed by atoms with van der Waals surface area (Å²) in [5, 5.41) is 0. The minimum absolute atomic E-state index is 0.0109. The highest BCUT2D eigenvalue weighted by Gasteiger charge is 2.31. The van der Waals surface area contributed by atoms with Crippen LogP contribution in [-0.2, 0) is 9.59 Å². The van der Waals surface area contributed by atoms with E-state index in [1.807, 2.05) is 17.0 Å². The van der Waals surface area contributed by atoms with Crippen LogP contribution >= 0.6 is 0 Å². The molecule has 3 rings (SSSR count). The first-order valence-electron chi connectivity index (χ1n) is 9.91. The molecule has 0 radical (unpaired) electrons. The summed E-state index contributed by atoms with van der Waals surface area (Å²) < 4.78 is 10.9. The third-order valence-electron chi connectivity index (χ3n) is 5.71. The quantitative estimate of drug-likeness (QED) is 0.795. The van der Waals surface area contributed by atoms with Gasteiger partial charge in [0, 0.05) is 32.1 Å². The minimum Gasteiger partial charge on any atom is -0.493 e. The average molecular weight is 374 g/mol. The zero-order valence-corrected chi connectivity index (χ0v) is 16.4. The van der Waals surface area contributed by atoms with Crippen LogP contribution in [0.4, 0.5) is 0 Å². The van der Waals surface area contributed by atoms with Crippen LogP contribution in [0.2, 0.25) is 0 Å². The lowest BCUT2D eigenvalue weighted by Crippen LogP contribution is -2.47. The molecule has 2 fully saturated rings. The Morgan fingerprint density at radius 3 is 2.19 bits per heavy atom. The number of benzene rings is 1. The van der Waals surface area contributed by atoms with Crippen LogP contribution < -0.4 is 9.47 Å². The van der Waals surface area contributed by atoms with Gasteiger partial charge >= 0.3 is 0 Å². The maximum Gasteiger partial charge on any atom is 0.260 e.